The number of sulfone groups is 1. The highest BCUT2D eigenvalue weighted by Gasteiger charge is 2.33. The minimum Gasteiger partial charge on any atom is -0.354 e. The Morgan fingerprint density at radius 3 is 2.86 bits per heavy atom. The predicted octanol–water partition coefficient (Wildman–Crippen LogP) is 1.27. The topological polar surface area (TPSA) is 88.1 Å². The Kier molecular flexibility index (Phi) is 5.50. The van der Waals surface area contributed by atoms with Gasteiger partial charge in [-0.05, 0) is 18.0 Å². The summed E-state index contributed by atoms with van der Waals surface area (Å²) in [6.07, 6.45) is 2.15. The van der Waals surface area contributed by atoms with Gasteiger partial charge in [-0.15, -0.1) is 0 Å². The summed E-state index contributed by atoms with van der Waals surface area (Å²) in [6.45, 7) is 3.30. The maximum Gasteiger partial charge on any atom is 0.232 e. The second kappa shape index (κ2) is 6.97. The summed E-state index contributed by atoms with van der Waals surface area (Å²) in [5.41, 5.74) is 0. The molecule has 1 unspecified atom stereocenters. The third kappa shape index (κ3) is 4.33. The van der Waals surface area contributed by atoms with Crippen LogP contribution in [-0.4, -0.2) is 59.6 Å². The third-order valence-electron chi connectivity index (χ3n) is 2.97. The van der Waals surface area contributed by atoms with Crippen molar-refractivity contribution in [1.82, 2.24) is 15.0 Å². The summed E-state index contributed by atoms with van der Waals surface area (Å²) in [5.74, 6) is 2.01. The van der Waals surface area contributed by atoms with Crippen molar-refractivity contribution in [2.24, 2.45) is 0 Å². The third-order valence-corrected chi connectivity index (χ3v) is 5.78. The first-order chi connectivity index (χ1) is 9.91. The van der Waals surface area contributed by atoms with Crippen molar-refractivity contribution in [3.8, 4) is 0 Å². The maximum absolute atomic E-state index is 11.9. The Hall–Kier alpha value is -0.800. The summed E-state index contributed by atoms with van der Waals surface area (Å²) in [6, 6.07) is 0. The van der Waals surface area contributed by atoms with Gasteiger partial charge in [0.2, 0.25) is 17.2 Å². The number of nitrogens with one attached hydrogen (secondary N) is 1. The van der Waals surface area contributed by atoms with Crippen LogP contribution in [0.15, 0.2) is 0 Å². The molecule has 0 bridgehead atoms. The van der Waals surface area contributed by atoms with Crippen molar-refractivity contribution in [3.05, 3.63) is 5.28 Å². The highest BCUT2D eigenvalue weighted by atomic mass is 35.5. The molecular formula is C11H18ClN5O2S2. The van der Waals surface area contributed by atoms with Crippen LogP contribution in [0.1, 0.15) is 13.3 Å². The second-order valence-electron chi connectivity index (χ2n) is 4.71. The van der Waals surface area contributed by atoms with E-state index in [9.17, 15) is 8.42 Å². The van der Waals surface area contributed by atoms with Crippen LogP contribution >= 0.6 is 23.4 Å². The van der Waals surface area contributed by atoms with Gasteiger partial charge in [0.05, 0.1) is 0 Å². The molecule has 0 radical (unpaired) electrons. The van der Waals surface area contributed by atoms with Crippen LogP contribution in [0.25, 0.3) is 0 Å². The Morgan fingerprint density at radius 1 is 1.43 bits per heavy atom. The summed E-state index contributed by atoms with van der Waals surface area (Å²) in [4.78, 5) is 14.1. The standard InChI is InChI=1S/C11H18ClN5O2S2/c1-3-4-13-10-14-9(12)15-11(16-10)17-5-6-20-7-8(17)21(2,18)19/h8H,3-7H2,1-2H3,(H,13,14,15,16). The first-order valence-electron chi connectivity index (χ1n) is 6.60. The van der Waals surface area contributed by atoms with Crippen LogP contribution in [0.3, 0.4) is 0 Å². The molecule has 1 fully saturated rings. The molecule has 1 saturated heterocycles. The lowest BCUT2D eigenvalue weighted by Gasteiger charge is -2.33. The van der Waals surface area contributed by atoms with E-state index in [4.69, 9.17) is 11.6 Å². The molecule has 0 saturated carbocycles. The first-order valence-corrected chi connectivity index (χ1v) is 10.1. The largest absolute Gasteiger partial charge is 0.354 e. The number of hydrogen-bond acceptors (Lipinski definition) is 8. The van der Waals surface area contributed by atoms with Gasteiger partial charge < -0.3 is 10.2 Å². The van der Waals surface area contributed by atoms with Crippen LogP contribution in [0.5, 0.6) is 0 Å². The van der Waals surface area contributed by atoms with E-state index in [0.29, 0.717) is 30.7 Å². The Balaban J connectivity index is 2.32. The zero-order chi connectivity index (χ0) is 15.5. The Bertz CT molecular complexity index is 598. The van der Waals surface area contributed by atoms with Crippen LogP contribution in [0, 0.1) is 0 Å². The fourth-order valence-electron chi connectivity index (χ4n) is 1.95. The van der Waals surface area contributed by atoms with E-state index in [1.54, 1.807) is 16.7 Å². The summed E-state index contributed by atoms with van der Waals surface area (Å²) in [5, 5.41) is 2.47. The summed E-state index contributed by atoms with van der Waals surface area (Å²) in [7, 11) is -3.22. The normalized spacial score (nSPS) is 19.6. The van der Waals surface area contributed by atoms with Crippen molar-refractivity contribution in [1.29, 1.82) is 0 Å². The molecule has 2 rings (SSSR count). The molecule has 1 aliphatic rings. The number of nitrogens with zero attached hydrogens (tertiary/aromatic N) is 4. The number of hydrogen-bond donors (Lipinski definition) is 1. The monoisotopic (exact) mass is 351 g/mol. The summed E-state index contributed by atoms with van der Waals surface area (Å²) < 4.78 is 23.9. The number of aromatic nitrogens is 3. The molecule has 118 valence electrons. The molecule has 1 atom stereocenters. The van der Waals surface area contributed by atoms with E-state index in [2.05, 4.69) is 20.3 Å². The minimum absolute atomic E-state index is 0.0593. The first kappa shape index (κ1) is 16.6. The van der Waals surface area contributed by atoms with E-state index < -0.39 is 15.2 Å². The molecule has 1 N–H and O–H groups in total. The predicted molar refractivity (Wildman–Crippen MR) is 86.9 cm³/mol. The lowest BCUT2D eigenvalue weighted by molar-refractivity contribution is 0.582. The molecular weight excluding hydrogens is 334 g/mol. The molecule has 1 aromatic heterocycles. The minimum atomic E-state index is -3.22. The van der Waals surface area contributed by atoms with Gasteiger partial charge in [-0.25, -0.2) is 8.42 Å². The zero-order valence-electron chi connectivity index (χ0n) is 11.9. The Morgan fingerprint density at radius 2 is 2.19 bits per heavy atom. The molecule has 2 heterocycles. The molecule has 0 spiro atoms. The van der Waals surface area contributed by atoms with Gasteiger partial charge in [0, 0.05) is 30.9 Å². The molecule has 21 heavy (non-hydrogen) atoms. The highest BCUT2D eigenvalue weighted by Crippen LogP contribution is 2.25. The number of halogens is 1. The zero-order valence-corrected chi connectivity index (χ0v) is 14.3. The Labute approximate surface area is 133 Å². The average Bonchev–Trinajstić information content (AvgIpc) is 2.43. The van der Waals surface area contributed by atoms with Gasteiger partial charge in [-0.2, -0.15) is 26.7 Å². The van der Waals surface area contributed by atoms with Crippen molar-refractivity contribution in [2.45, 2.75) is 18.7 Å². The number of thioether (sulfide) groups is 1. The van der Waals surface area contributed by atoms with Crippen LogP contribution in [-0.2, 0) is 9.84 Å². The fraction of sp³-hybridized carbons (Fsp3) is 0.727. The van der Waals surface area contributed by atoms with E-state index in [0.717, 1.165) is 12.2 Å². The lowest BCUT2D eigenvalue weighted by atomic mass is 10.5. The van der Waals surface area contributed by atoms with E-state index in [1.807, 2.05) is 6.92 Å². The van der Waals surface area contributed by atoms with E-state index in [-0.39, 0.29) is 5.28 Å². The molecule has 10 heteroatoms. The molecule has 1 aliphatic heterocycles. The van der Waals surface area contributed by atoms with Crippen molar-refractivity contribution in [3.63, 3.8) is 0 Å². The number of anilines is 2. The quantitative estimate of drug-likeness (QED) is 0.848. The van der Waals surface area contributed by atoms with E-state index in [1.165, 1.54) is 6.26 Å². The molecule has 0 aromatic carbocycles. The average molecular weight is 352 g/mol. The smallest absolute Gasteiger partial charge is 0.232 e. The number of rotatable bonds is 5. The summed E-state index contributed by atoms with van der Waals surface area (Å²) >= 11 is 7.54. The molecule has 0 aliphatic carbocycles. The van der Waals surface area contributed by atoms with Gasteiger partial charge in [-0.3, -0.25) is 0 Å². The highest BCUT2D eigenvalue weighted by molar-refractivity contribution is 8.01. The van der Waals surface area contributed by atoms with Crippen LogP contribution in [0.4, 0.5) is 11.9 Å². The SMILES string of the molecule is CCCNc1nc(Cl)nc(N2CCSCC2S(C)(=O)=O)n1. The van der Waals surface area contributed by atoms with Gasteiger partial charge in [0.15, 0.2) is 9.84 Å². The van der Waals surface area contributed by atoms with Gasteiger partial charge in [0.25, 0.3) is 0 Å². The second-order valence-corrected chi connectivity index (χ2v) is 8.40. The van der Waals surface area contributed by atoms with Crippen LogP contribution < -0.4 is 10.2 Å². The van der Waals surface area contributed by atoms with Gasteiger partial charge in [0.1, 0.15) is 5.37 Å². The molecule has 0 amide bonds. The lowest BCUT2D eigenvalue weighted by Crippen LogP contribution is -2.47. The fourth-order valence-corrected chi connectivity index (χ4v) is 4.92. The van der Waals surface area contributed by atoms with Crippen molar-refractivity contribution in [2.75, 3.05) is 41.1 Å². The van der Waals surface area contributed by atoms with E-state index >= 15 is 0 Å². The van der Waals surface area contributed by atoms with Crippen LogP contribution in [0.2, 0.25) is 5.28 Å². The molecule has 1 aromatic rings. The molecule has 7 nitrogen and oxygen atoms in total. The van der Waals surface area contributed by atoms with Gasteiger partial charge >= 0.3 is 0 Å². The van der Waals surface area contributed by atoms with Crippen molar-refractivity contribution < 1.29 is 8.42 Å². The van der Waals surface area contributed by atoms with Gasteiger partial charge in [-0.1, -0.05) is 6.92 Å². The maximum atomic E-state index is 11.9. The van der Waals surface area contributed by atoms with Crippen molar-refractivity contribution >= 4 is 45.1 Å².